The van der Waals surface area contributed by atoms with Gasteiger partial charge in [-0.3, -0.25) is 0 Å². The highest BCUT2D eigenvalue weighted by atomic mass is 16.3. The van der Waals surface area contributed by atoms with Crippen molar-refractivity contribution >= 4 is 32.6 Å². The van der Waals surface area contributed by atoms with E-state index in [1.807, 2.05) is 42.5 Å². The van der Waals surface area contributed by atoms with Crippen LogP contribution in [-0.4, -0.2) is 9.97 Å². The van der Waals surface area contributed by atoms with Crippen LogP contribution < -0.4 is 0 Å². The van der Waals surface area contributed by atoms with Gasteiger partial charge in [0.1, 0.15) is 5.52 Å². The zero-order chi connectivity index (χ0) is 35.1. The van der Waals surface area contributed by atoms with Gasteiger partial charge in [-0.2, -0.15) is 0 Å². The molecule has 0 saturated heterocycles. The molecular formula is C50H32N2O. The Morgan fingerprint density at radius 3 is 1.81 bits per heavy atom. The summed E-state index contributed by atoms with van der Waals surface area (Å²) in [6.07, 6.45) is 0. The van der Waals surface area contributed by atoms with Crippen molar-refractivity contribution in [3.05, 3.63) is 194 Å². The Labute approximate surface area is 307 Å². The molecule has 0 aliphatic carbocycles. The monoisotopic (exact) mass is 676 g/mol. The predicted molar refractivity (Wildman–Crippen MR) is 219 cm³/mol. The van der Waals surface area contributed by atoms with Crippen LogP contribution in [0, 0.1) is 0 Å². The first-order valence-corrected chi connectivity index (χ1v) is 17.9. The quantitative estimate of drug-likeness (QED) is 0.176. The zero-order valence-corrected chi connectivity index (χ0v) is 28.8. The van der Waals surface area contributed by atoms with Crippen LogP contribution in [-0.2, 0) is 0 Å². The van der Waals surface area contributed by atoms with Crippen molar-refractivity contribution in [3.8, 4) is 67.3 Å². The van der Waals surface area contributed by atoms with Crippen LogP contribution in [0.3, 0.4) is 0 Å². The van der Waals surface area contributed by atoms with Crippen molar-refractivity contribution < 1.29 is 4.42 Å². The molecule has 0 amide bonds. The Kier molecular flexibility index (Phi) is 7.47. The largest absolute Gasteiger partial charge is 0.436 e. The predicted octanol–water partition coefficient (Wildman–Crippen LogP) is 13.5. The molecule has 2 heterocycles. The number of rotatable bonds is 6. The van der Waals surface area contributed by atoms with Gasteiger partial charge in [0, 0.05) is 22.1 Å². The summed E-state index contributed by atoms with van der Waals surface area (Å²) < 4.78 is 6.12. The third kappa shape index (κ3) is 5.65. The van der Waals surface area contributed by atoms with Gasteiger partial charge in [0.05, 0.1) is 11.4 Å². The summed E-state index contributed by atoms with van der Waals surface area (Å²) >= 11 is 0. The van der Waals surface area contributed by atoms with Gasteiger partial charge in [0.25, 0.3) is 0 Å². The van der Waals surface area contributed by atoms with Crippen LogP contribution in [0.15, 0.2) is 199 Å². The topological polar surface area (TPSA) is 38.9 Å². The summed E-state index contributed by atoms with van der Waals surface area (Å²) in [6, 6.07) is 68.3. The van der Waals surface area contributed by atoms with Gasteiger partial charge in [-0.05, 0) is 92.0 Å². The zero-order valence-electron chi connectivity index (χ0n) is 28.8. The second-order valence-electron chi connectivity index (χ2n) is 13.4. The first-order valence-electron chi connectivity index (χ1n) is 17.9. The molecule has 53 heavy (non-hydrogen) atoms. The summed E-state index contributed by atoms with van der Waals surface area (Å²) in [6.45, 7) is 0. The molecule has 0 spiro atoms. The molecule has 0 unspecified atom stereocenters. The average molecular weight is 677 g/mol. The highest BCUT2D eigenvalue weighted by Crippen LogP contribution is 2.41. The smallest absolute Gasteiger partial charge is 0.227 e. The highest BCUT2D eigenvalue weighted by Gasteiger charge is 2.16. The van der Waals surface area contributed by atoms with Gasteiger partial charge in [-0.25, -0.2) is 9.97 Å². The molecule has 0 N–H and O–H groups in total. The fraction of sp³-hybridized carbons (Fsp3) is 0. The van der Waals surface area contributed by atoms with Crippen LogP contribution in [0.2, 0.25) is 0 Å². The number of pyridine rings is 1. The number of benzene rings is 8. The van der Waals surface area contributed by atoms with Crippen molar-refractivity contribution in [3.63, 3.8) is 0 Å². The Morgan fingerprint density at radius 1 is 0.358 bits per heavy atom. The first kappa shape index (κ1) is 30.7. The summed E-state index contributed by atoms with van der Waals surface area (Å²) in [5.41, 5.74) is 13.6. The number of oxazole rings is 1. The highest BCUT2D eigenvalue weighted by molar-refractivity contribution is 6.05. The molecule has 0 fully saturated rings. The number of nitrogens with zero attached hydrogens (tertiary/aromatic N) is 2. The molecule has 10 aromatic rings. The number of hydrogen-bond donors (Lipinski definition) is 0. The number of aromatic nitrogens is 2. The fourth-order valence-electron chi connectivity index (χ4n) is 7.50. The molecule has 0 radical (unpaired) electrons. The van der Waals surface area contributed by atoms with Crippen LogP contribution in [0.25, 0.3) is 100.0 Å². The maximum absolute atomic E-state index is 6.12. The first-order chi connectivity index (χ1) is 26.2. The molecule has 3 heteroatoms. The molecular weight excluding hydrogens is 645 g/mol. The minimum atomic E-state index is 0.629. The maximum atomic E-state index is 6.12. The van der Waals surface area contributed by atoms with E-state index in [1.165, 1.54) is 27.3 Å². The third-order valence-electron chi connectivity index (χ3n) is 10.1. The van der Waals surface area contributed by atoms with E-state index in [-0.39, 0.29) is 0 Å². The van der Waals surface area contributed by atoms with E-state index in [1.54, 1.807) is 0 Å². The molecule has 248 valence electrons. The van der Waals surface area contributed by atoms with Gasteiger partial charge >= 0.3 is 0 Å². The number of fused-ring (bicyclic) bond motifs is 3. The summed E-state index contributed by atoms with van der Waals surface area (Å²) in [4.78, 5) is 10.1. The molecule has 0 atom stereocenters. The summed E-state index contributed by atoms with van der Waals surface area (Å²) in [5, 5.41) is 4.72. The fourth-order valence-corrected chi connectivity index (χ4v) is 7.50. The van der Waals surface area contributed by atoms with E-state index >= 15 is 0 Å². The van der Waals surface area contributed by atoms with Crippen molar-refractivity contribution in [2.75, 3.05) is 0 Å². The van der Waals surface area contributed by atoms with Crippen LogP contribution in [0.4, 0.5) is 0 Å². The lowest BCUT2D eigenvalue weighted by Crippen LogP contribution is -1.93. The van der Waals surface area contributed by atoms with Crippen molar-refractivity contribution in [2.45, 2.75) is 0 Å². The van der Waals surface area contributed by atoms with Gasteiger partial charge in [0.15, 0.2) is 5.58 Å². The van der Waals surface area contributed by atoms with Crippen molar-refractivity contribution in [1.29, 1.82) is 0 Å². The molecule has 0 saturated carbocycles. The summed E-state index contributed by atoms with van der Waals surface area (Å²) in [5.74, 6) is 0.629. The standard InChI is InChI=1S/C50H32N2O/c1-3-14-34(15-4-1)45-32-39-18-8-10-24-44(39)49(51-45)41-22-12-21-40(30-41)48-42-23-9-7-13-33(42)25-27-43(48)38-20-11-19-36(29-38)37-26-28-47-46(31-37)52-50(53-47)35-16-5-2-6-17-35/h1-32H. The molecule has 2 aromatic heterocycles. The van der Waals surface area contributed by atoms with Gasteiger partial charge in [-0.15, -0.1) is 0 Å². The number of hydrogen-bond acceptors (Lipinski definition) is 3. The van der Waals surface area contributed by atoms with Crippen LogP contribution in [0.5, 0.6) is 0 Å². The van der Waals surface area contributed by atoms with E-state index in [0.29, 0.717) is 5.89 Å². The Bertz CT molecular complexity index is 2950. The third-order valence-corrected chi connectivity index (χ3v) is 10.1. The van der Waals surface area contributed by atoms with Crippen molar-refractivity contribution in [1.82, 2.24) is 9.97 Å². The molecule has 0 aliphatic heterocycles. The molecule has 3 nitrogen and oxygen atoms in total. The second kappa shape index (κ2) is 12.9. The Balaban J connectivity index is 1.11. The van der Waals surface area contributed by atoms with Crippen molar-refractivity contribution in [2.24, 2.45) is 0 Å². The van der Waals surface area contributed by atoms with Crippen LogP contribution >= 0.6 is 0 Å². The lowest BCUT2D eigenvalue weighted by Gasteiger charge is -2.17. The minimum absolute atomic E-state index is 0.629. The van der Waals surface area contributed by atoms with E-state index < -0.39 is 0 Å². The average Bonchev–Trinajstić information content (AvgIpc) is 3.67. The Hall–Kier alpha value is -7.10. The molecule has 0 aliphatic rings. The van der Waals surface area contributed by atoms with Gasteiger partial charge < -0.3 is 4.42 Å². The van der Waals surface area contributed by atoms with Gasteiger partial charge in [0.2, 0.25) is 5.89 Å². The van der Waals surface area contributed by atoms with E-state index in [0.717, 1.165) is 66.8 Å². The Morgan fingerprint density at radius 2 is 0.981 bits per heavy atom. The normalized spacial score (nSPS) is 11.4. The SMILES string of the molecule is c1ccc(-c2cc3ccccc3c(-c3cccc(-c4c(-c5cccc(-c6ccc7oc(-c8ccccc8)nc7c6)c5)ccc5ccccc45)c3)n2)cc1. The lowest BCUT2D eigenvalue weighted by atomic mass is 9.88. The molecule has 0 bridgehead atoms. The van der Waals surface area contributed by atoms with E-state index in [4.69, 9.17) is 14.4 Å². The molecule has 8 aromatic carbocycles. The minimum Gasteiger partial charge on any atom is -0.436 e. The van der Waals surface area contributed by atoms with E-state index in [9.17, 15) is 0 Å². The van der Waals surface area contributed by atoms with Gasteiger partial charge in [-0.1, -0.05) is 152 Å². The summed E-state index contributed by atoms with van der Waals surface area (Å²) in [7, 11) is 0. The lowest BCUT2D eigenvalue weighted by molar-refractivity contribution is 0.620. The van der Waals surface area contributed by atoms with Crippen LogP contribution in [0.1, 0.15) is 0 Å². The van der Waals surface area contributed by atoms with E-state index in [2.05, 4.69) is 152 Å². The maximum Gasteiger partial charge on any atom is 0.227 e. The molecule has 10 rings (SSSR count). The second-order valence-corrected chi connectivity index (χ2v) is 13.4.